The van der Waals surface area contributed by atoms with Crippen LogP contribution in [-0.4, -0.2) is 59.5 Å². The van der Waals surface area contributed by atoms with Crippen molar-refractivity contribution in [3.8, 4) is 11.5 Å². The molecule has 1 N–H and O–H groups in total. The summed E-state index contributed by atoms with van der Waals surface area (Å²) in [6, 6.07) is 5.31. The number of likely N-dealkylation sites (tertiary alicyclic amines) is 1. The van der Waals surface area contributed by atoms with Crippen LogP contribution in [0.5, 0.6) is 11.5 Å². The Bertz CT molecular complexity index is 934. The van der Waals surface area contributed by atoms with E-state index in [-0.39, 0.29) is 30.3 Å². The van der Waals surface area contributed by atoms with Gasteiger partial charge in [-0.05, 0) is 49.3 Å². The van der Waals surface area contributed by atoms with Crippen molar-refractivity contribution in [2.24, 2.45) is 5.92 Å². The first kappa shape index (κ1) is 21.1. The lowest BCUT2D eigenvalue weighted by molar-refractivity contribution is -0.141. The Hall–Kier alpha value is -2.77. The monoisotopic (exact) mass is 441 g/mol. The predicted molar refractivity (Wildman–Crippen MR) is 116 cm³/mol. The average Bonchev–Trinajstić information content (AvgIpc) is 3.27. The lowest BCUT2D eigenvalue weighted by Crippen LogP contribution is -2.54. The summed E-state index contributed by atoms with van der Waals surface area (Å²) >= 11 is 0. The number of ether oxygens (including phenoxy) is 2. The van der Waals surface area contributed by atoms with Crippen LogP contribution in [0.3, 0.4) is 0 Å². The van der Waals surface area contributed by atoms with Gasteiger partial charge in [-0.1, -0.05) is 25.8 Å². The van der Waals surface area contributed by atoms with E-state index in [0.717, 1.165) is 54.7 Å². The van der Waals surface area contributed by atoms with Gasteiger partial charge in [-0.3, -0.25) is 14.5 Å². The van der Waals surface area contributed by atoms with Gasteiger partial charge < -0.3 is 19.7 Å². The third-order valence-corrected chi connectivity index (χ3v) is 7.52. The van der Waals surface area contributed by atoms with Gasteiger partial charge >= 0.3 is 6.03 Å². The van der Waals surface area contributed by atoms with Gasteiger partial charge in [0.2, 0.25) is 5.91 Å². The molecule has 3 heterocycles. The van der Waals surface area contributed by atoms with E-state index in [9.17, 15) is 14.4 Å². The highest BCUT2D eigenvalue weighted by molar-refractivity contribution is 6.09. The van der Waals surface area contributed by atoms with Crippen LogP contribution in [0.1, 0.15) is 63.5 Å². The van der Waals surface area contributed by atoms with E-state index in [1.54, 1.807) is 4.90 Å². The minimum Gasteiger partial charge on any atom is -0.490 e. The summed E-state index contributed by atoms with van der Waals surface area (Å²) in [4.78, 5) is 42.1. The van der Waals surface area contributed by atoms with Crippen molar-refractivity contribution in [2.75, 3.05) is 26.3 Å². The molecule has 3 aliphatic heterocycles. The molecule has 32 heavy (non-hydrogen) atoms. The first-order chi connectivity index (χ1) is 15.5. The second kappa shape index (κ2) is 8.30. The fraction of sp³-hybridized carbons (Fsp3) is 0.625. The van der Waals surface area contributed by atoms with Gasteiger partial charge in [-0.2, -0.15) is 0 Å². The number of amides is 4. The summed E-state index contributed by atoms with van der Waals surface area (Å²) in [7, 11) is 0. The topological polar surface area (TPSA) is 88.2 Å². The van der Waals surface area contributed by atoms with Crippen molar-refractivity contribution in [2.45, 2.75) is 63.5 Å². The number of fused-ring (bicyclic) bond motifs is 1. The fourth-order valence-corrected chi connectivity index (χ4v) is 5.66. The lowest BCUT2D eigenvalue weighted by atomic mass is 9.73. The number of nitrogens with zero attached hydrogens (tertiary/aromatic N) is 2. The van der Waals surface area contributed by atoms with Crippen molar-refractivity contribution in [3.63, 3.8) is 0 Å². The number of carbonyl (C=O) groups is 3. The first-order valence-electron chi connectivity index (χ1n) is 11.8. The molecule has 172 valence electrons. The Morgan fingerprint density at radius 1 is 1.09 bits per heavy atom. The molecule has 3 atom stereocenters. The maximum absolute atomic E-state index is 13.3. The number of urea groups is 1. The predicted octanol–water partition coefficient (Wildman–Crippen LogP) is 3.01. The molecular formula is C24H31N3O5. The van der Waals surface area contributed by atoms with Crippen molar-refractivity contribution >= 4 is 17.8 Å². The van der Waals surface area contributed by atoms with Crippen LogP contribution in [0.2, 0.25) is 0 Å². The van der Waals surface area contributed by atoms with E-state index in [0.29, 0.717) is 31.9 Å². The Kier molecular flexibility index (Phi) is 5.47. The summed E-state index contributed by atoms with van der Waals surface area (Å²) in [5, 5.41) is 2.93. The van der Waals surface area contributed by atoms with E-state index >= 15 is 0 Å². The lowest BCUT2D eigenvalue weighted by Gasteiger charge is -2.36. The number of carbonyl (C=O) groups excluding carboxylic acids is 3. The SMILES string of the molecule is C[C@@H]1CCCC[C@]12NC(=O)N(CC(=O)N1CCC[C@@H]1c1ccc3c(c1)OCCCO3)C2=O. The van der Waals surface area contributed by atoms with Crippen LogP contribution in [0.15, 0.2) is 18.2 Å². The van der Waals surface area contributed by atoms with Crippen molar-refractivity contribution in [1.29, 1.82) is 0 Å². The molecule has 3 fully saturated rings. The number of benzene rings is 1. The molecule has 8 heteroatoms. The standard InChI is InChI=1S/C24H31N3O5/c1-16-6-2-3-10-24(16)22(29)27(23(30)25-24)15-21(28)26-11-4-7-18(26)17-8-9-19-20(14-17)32-13-5-12-31-19/h8-9,14,16,18H,2-7,10-13,15H2,1H3,(H,25,30)/t16-,18-,24+/m1/s1. The van der Waals surface area contributed by atoms with E-state index in [2.05, 4.69) is 5.32 Å². The molecule has 5 rings (SSSR count). The molecule has 1 aromatic rings. The van der Waals surface area contributed by atoms with Crippen LogP contribution in [0.25, 0.3) is 0 Å². The maximum Gasteiger partial charge on any atom is 0.325 e. The molecule has 8 nitrogen and oxygen atoms in total. The number of nitrogens with one attached hydrogen (secondary N) is 1. The maximum atomic E-state index is 13.3. The van der Waals surface area contributed by atoms with Gasteiger partial charge in [0.25, 0.3) is 5.91 Å². The van der Waals surface area contributed by atoms with E-state index < -0.39 is 11.6 Å². The zero-order valence-electron chi connectivity index (χ0n) is 18.6. The molecule has 1 spiro atoms. The number of rotatable bonds is 3. The minimum absolute atomic E-state index is 0.0779. The summed E-state index contributed by atoms with van der Waals surface area (Å²) in [6.45, 7) is 3.66. The van der Waals surface area contributed by atoms with Crippen LogP contribution in [0.4, 0.5) is 4.79 Å². The molecule has 1 aliphatic carbocycles. The highest BCUT2D eigenvalue weighted by atomic mass is 16.5. The van der Waals surface area contributed by atoms with Crippen molar-refractivity contribution in [1.82, 2.24) is 15.1 Å². The quantitative estimate of drug-likeness (QED) is 0.729. The second-order valence-corrected chi connectivity index (χ2v) is 9.44. The van der Waals surface area contributed by atoms with Crippen LogP contribution in [-0.2, 0) is 9.59 Å². The third kappa shape index (κ3) is 3.49. The summed E-state index contributed by atoms with van der Waals surface area (Å²) in [6.07, 6.45) is 6.09. The Morgan fingerprint density at radius 3 is 2.72 bits per heavy atom. The van der Waals surface area contributed by atoms with E-state index in [4.69, 9.17) is 9.47 Å². The summed E-state index contributed by atoms with van der Waals surface area (Å²) in [5.74, 6) is 1.09. The number of imide groups is 1. The molecule has 4 aliphatic rings. The van der Waals surface area contributed by atoms with E-state index in [1.165, 1.54) is 0 Å². The zero-order chi connectivity index (χ0) is 22.3. The van der Waals surface area contributed by atoms with Gasteiger partial charge in [-0.15, -0.1) is 0 Å². The molecule has 0 bridgehead atoms. The van der Waals surface area contributed by atoms with Gasteiger partial charge in [0.1, 0.15) is 12.1 Å². The smallest absolute Gasteiger partial charge is 0.325 e. The molecule has 0 unspecified atom stereocenters. The molecular weight excluding hydrogens is 410 g/mol. The highest BCUT2D eigenvalue weighted by Gasteiger charge is 2.55. The normalized spacial score (nSPS) is 29.9. The number of hydrogen-bond acceptors (Lipinski definition) is 5. The fourth-order valence-electron chi connectivity index (χ4n) is 5.66. The van der Waals surface area contributed by atoms with Crippen molar-refractivity contribution in [3.05, 3.63) is 23.8 Å². The minimum atomic E-state index is -0.839. The van der Waals surface area contributed by atoms with Gasteiger partial charge in [0, 0.05) is 13.0 Å². The van der Waals surface area contributed by atoms with E-state index in [1.807, 2.05) is 25.1 Å². The molecule has 0 radical (unpaired) electrons. The van der Waals surface area contributed by atoms with Gasteiger partial charge in [-0.25, -0.2) is 4.79 Å². The third-order valence-electron chi connectivity index (χ3n) is 7.52. The Morgan fingerprint density at radius 2 is 1.91 bits per heavy atom. The first-order valence-corrected chi connectivity index (χ1v) is 11.8. The van der Waals surface area contributed by atoms with Crippen LogP contribution in [0, 0.1) is 5.92 Å². The molecule has 0 aromatic heterocycles. The molecule has 1 aromatic carbocycles. The second-order valence-electron chi connectivity index (χ2n) is 9.44. The summed E-state index contributed by atoms with van der Waals surface area (Å²) < 4.78 is 11.5. The van der Waals surface area contributed by atoms with Gasteiger partial charge in [0.05, 0.1) is 19.3 Å². The molecule has 2 saturated heterocycles. The molecule has 4 amide bonds. The summed E-state index contributed by atoms with van der Waals surface area (Å²) in [5.41, 5.74) is 0.156. The average molecular weight is 442 g/mol. The Labute approximate surface area is 188 Å². The number of hydrogen-bond donors (Lipinski definition) is 1. The van der Waals surface area contributed by atoms with Crippen LogP contribution >= 0.6 is 0 Å². The molecule has 1 saturated carbocycles. The van der Waals surface area contributed by atoms with Crippen LogP contribution < -0.4 is 14.8 Å². The Balaban J connectivity index is 1.32. The van der Waals surface area contributed by atoms with Gasteiger partial charge in [0.15, 0.2) is 11.5 Å². The largest absolute Gasteiger partial charge is 0.490 e. The van der Waals surface area contributed by atoms with Crippen molar-refractivity contribution < 1.29 is 23.9 Å². The zero-order valence-corrected chi connectivity index (χ0v) is 18.6. The highest BCUT2D eigenvalue weighted by Crippen LogP contribution is 2.40.